The fourth-order valence-electron chi connectivity index (χ4n) is 3.91. The Balaban J connectivity index is 1.62. The van der Waals surface area contributed by atoms with E-state index in [1.807, 2.05) is 86.7 Å². The van der Waals surface area contributed by atoms with Crippen molar-refractivity contribution in [3.05, 3.63) is 98.4 Å². The normalized spacial score (nSPS) is 18.8. The van der Waals surface area contributed by atoms with Gasteiger partial charge in [0.05, 0.1) is 16.3 Å². The third-order valence-corrected chi connectivity index (χ3v) is 6.95. The molecule has 1 N–H and O–H groups in total. The fourth-order valence-corrected chi connectivity index (χ4v) is 5.19. The van der Waals surface area contributed by atoms with Gasteiger partial charge in [-0.3, -0.25) is 14.5 Å². The van der Waals surface area contributed by atoms with E-state index in [1.165, 1.54) is 11.8 Å². The van der Waals surface area contributed by atoms with Crippen molar-refractivity contribution in [3.63, 3.8) is 0 Å². The molecular weight excluding hydrogens is 512 g/mol. The molecule has 0 unspecified atom stereocenters. The standard InChI is InChI=1S/C26H19BrN4O2S/c1-15-7-6-8-16(2)23(15)31-25(33)21(13-17-9-4-3-5-10-17)34-26(31)30-29-22-19-14-18(27)11-12-20(19)28-24(22)32/h3-14H,1-2H3,(H,28,29,32). The second kappa shape index (κ2) is 9.04. The van der Waals surface area contributed by atoms with Crippen LogP contribution in [-0.4, -0.2) is 22.7 Å². The van der Waals surface area contributed by atoms with Crippen LogP contribution in [0.4, 0.5) is 11.4 Å². The average molecular weight is 531 g/mol. The van der Waals surface area contributed by atoms with Gasteiger partial charge in [-0.1, -0.05) is 64.5 Å². The van der Waals surface area contributed by atoms with Gasteiger partial charge in [-0.05, 0) is 66.6 Å². The lowest BCUT2D eigenvalue weighted by Gasteiger charge is -2.19. The Morgan fingerprint density at radius 3 is 2.41 bits per heavy atom. The van der Waals surface area contributed by atoms with Gasteiger partial charge >= 0.3 is 0 Å². The molecule has 0 radical (unpaired) electrons. The minimum Gasteiger partial charge on any atom is -0.320 e. The molecule has 0 atom stereocenters. The van der Waals surface area contributed by atoms with Crippen LogP contribution in [0.25, 0.3) is 6.08 Å². The monoisotopic (exact) mass is 530 g/mol. The number of nitrogens with zero attached hydrogens (tertiary/aromatic N) is 3. The zero-order valence-corrected chi connectivity index (χ0v) is 20.8. The van der Waals surface area contributed by atoms with Gasteiger partial charge in [0.1, 0.15) is 0 Å². The highest BCUT2D eigenvalue weighted by Crippen LogP contribution is 2.39. The summed E-state index contributed by atoms with van der Waals surface area (Å²) in [6, 6.07) is 21.0. The number of anilines is 2. The summed E-state index contributed by atoms with van der Waals surface area (Å²) in [6.45, 7) is 3.92. The van der Waals surface area contributed by atoms with Crippen molar-refractivity contribution < 1.29 is 9.59 Å². The van der Waals surface area contributed by atoms with E-state index in [1.54, 1.807) is 4.90 Å². The number of halogens is 1. The highest BCUT2D eigenvalue weighted by molar-refractivity contribution is 9.10. The van der Waals surface area contributed by atoms with Crippen molar-refractivity contribution >= 4 is 67.8 Å². The smallest absolute Gasteiger partial charge is 0.276 e. The third kappa shape index (κ3) is 4.10. The maximum Gasteiger partial charge on any atom is 0.276 e. The van der Waals surface area contributed by atoms with Gasteiger partial charge in [-0.2, -0.15) is 0 Å². The van der Waals surface area contributed by atoms with Crippen LogP contribution in [0, 0.1) is 13.8 Å². The summed E-state index contributed by atoms with van der Waals surface area (Å²) in [4.78, 5) is 28.2. The molecule has 1 saturated heterocycles. The van der Waals surface area contributed by atoms with Crippen molar-refractivity contribution in [2.45, 2.75) is 13.8 Å². The van der Waals surface area contributed by atoms with Gasteiger partial charge in [0.25, 0.3) is 11.8 Å². The molecule has 168 valence electrons. The van der Waals surface area contributed by atoms with Gasteiger partial charge in [-0.15, -0.1) is 10.2 Å². The van der Waals surface area contributed by atoms with Crippen molar-refractivity contribution in [1.82, 2.24) is 0 Å². The third-order valence-electron chi connectivity index (χ3n) is 5.50. The highest BCUT2D eigenvalue weighted by atomic mass is 79.9. The van der Waals surface area contributed by atoms with Crippen LogP contribution < -0.4 is 10.2 Å². The number of carbonyl (C=O) groups is 2. The quantitative estimate of drug-likeness (QED) is 0.338. The van der Waals surface area contributed by atoms with Crippen LogP contribution in [0.2, 0.25) is 0 Å². The maximum absolute atomic E-state index is 13.6. The first-order chi connectivity index (χ1) is 16.4. The molecule has 2 heterocycles. The molecule has 0 aromatic heterocycles. The molecule has 3 aromatic rings. The Labute approximate surface area is 209 Å². The van der Waals surface area contributed by atoms with E-state index in [-0.39, 0.29) is 17.5 Å². The Hall–Kier alpha value is -3.49. The summed E-state index contributed by atoms with van der Waals surface area (Å²) >= 11 is 4.68. The lowest BCUT2D eigenvalue weighted by Crippen LogP contribution is -2.30. The molecule has 2 aliphatic rings. The van der Waals surface area contributed by atoms with E-state index in [9.17, 15) is 9.59 Å². The summed E-state index contributed by atoms with van der Waals surface area (Å²) in [5.74, 6) is -0.505. The molecular formula is C26H19BrN4O2S. The van der Waals surface area contributed by atoms with Crippen LogP contribution >= 0.6 is 27.7 Å². The Bertz CT molecular complexity index is 1410. The van der Waals surface area contributed by atoms with Gasteiger partial charge in [0.2, 0.25) is 5.17 Å². The van der Waals surface area contributed by atoms with Crippen LogP contribution in [0.3, 0.4) is 0 Å². The molecule has 6 nitrogen and oxygen atoms in total. The van der Waals surface area contributed by atoms with Crippen molar-refractivity contribution in [2.75, 3.05) is 10.2 Å². The topological polar surface area (TPSA) is 74.1 Å². The number of benzene rings is 3. The number of nitrogens with one attached hydrogen (secondary N) is 1. The number of amidine groups is 1. The number of aryl methyl sites for hydroxylation is 2. The van der Waals surface area contributed by atoms with Crippen LogP contribution in [-0.2, 0) is 9.59 Å². The average Bonchev–Trinajstić information content (AvgIpc) is 3.28. The van der Waals surface area contributed by atoms with E-state index in [4.69, 9.17) is 0 Å². The number of hydrogen-bond donors (Lipinski definition) is 1. The largest absolute Gasteiger partial charge is 0.320 e. The first kappa shape index (κ1) is 22.3. The molecule has 8 heteroatoms. The summed E-state index contributed by atoms with van der Waals surface area (Å²) in [7, 11) is 0. The molecule has 2 aliphatic heterocycles. The first-order valence-corrected chi connectivity index (χ1v) is 12.2. The predicted molar refractivity (Wildman–Crippen MR) is 142 cm³/mol. The molecule has 5 rings (SSSR count). The summed E-state index contributed by atoms with van der Waals surface area (Å²) in [5, 5.41) is 11.9. The SMILES string of the molecule is Cc1cccc(C)c1N1C(=O)C(=Cc2ccccc2)SC1=NN=C1C(=O)Nc2ccc(Br)cc21. The Morgan fingerprint density at radius 1 is 0.941 bits per heavy atom. The number of carbonyl (C=O) groups excluding carboxylic acids is 2. The lowest BCUT2D eigenvalue weighted by atomic mass is 10.1. The number of fused-ring (bicyclic) bond motifs is 1. The number of rotatable bonds is 3. The maximum atomic E-state index is 13.6. The van der Waals surface area contributed by atoms with E-state index in [0.29, 0.717) is 21.3 Å². The second-order valence-electron chi connectivity index (χ2n) is 7.88. The predicted octanol–water partition coefficient (Wildman–Crippen LogP) is 5.90. The molecule has 0 saturated carbocycles. The number of amides is 2. The van der Waals surface area contributed by atoms with Gasteiger partial charge < -0.3 is 5.32 Å². The molecule has 1 fully saturated rings. The molecule has 0 spiro atoms. The molecule has 2 amide bonds. The Kier molecular flexibility index (Phi) is 5.93. The lowest BCUT2D eigenvalue weighted by molar-refractivity contribution is -0.113. The molecule has 0 aliphatic carbocycles. The van der Waals surface area contributed by atoms with Crippen molar-refractivity contribution in [1.29, 1.82) is 0 Å². The first-order valence-electron chi connectivity index (χ1n) is 10.5. The molecule has 3 aromatic carbocycles. The number of hydrogen-bond acceptors (Lipinski definition) is 5. The van der Waals surface area contributed by atoms with E-state index >= 15 is 0 Å². The van der Waals surface area contributed by atoms with E-state index in [2.05, 4.69) is 31.4 Å². The Morgan fingerprint density at radius 2 is 1.68 bits per heavy atom. The zero-order chi connectivity index (χ0) is 23.8. The van der Waals surface area contributed by atoms with Gasteiger partial charge in [-0.25, -0.2) is 0 Å². The summed E-state index contributed by atoms with van der Waals surface area (Å²) < 4.78 is 0.832. The van der Waals surface area contributed by atoms with E-state index < -0.39 is 0 Å². The molecule has 34 heavy (non-hydrogen) atoms. The van der Waals surface area contributed by atoms with Crippen LogP contribution in [0.15, 0.2) is 86.3 Å². The zero-order valence-electron chi connectivity index (χ0n) is 18.4. The molecule has 0 bridgehead atoms. The minimum absolute atomic E-state index is 0.177. The minimum atomic E-state index is -0.328. The summed E-state index contributed by atoms with van der Waals surface area (Å²) in [5.41, 5.74) is 5.14. The van der Waals surface area contributed by atoms with Crippen LogP contribution in [0.1, 0.15) is 22.3 Å². The number of thioether (sulfide) groups is 1. The van der Waals surface area contributed by atoms with Crippen LogP contribution in [0.5, 0.6) is 0 Å². The van der Waals surface area contributed by atoms with Crippen molar-refractivity contribution in [3.8, 4) is 0 Å². The number of para-hydroxylation sites is 1. The second-order valence-corrected chi connectivity index (χ2v) is 9.80. The van der Waals surface area contributed by atoms with Crippen molar-refractivity contribution in [2.24, 2.45) is 10.2 Å². The van der Waals surface area contributed by atoms with Gasteiger partial charge in [0, 0.05) is 10.0 Å². The van der Waals surface area contributed by atoms with E-state index in [0.717, 1.165) is 26.9 Å². The highest BCUT2D eigenvalue weighted by Gasteiger charge is 2.37. The summed E-state index contributed by atoms with van der Waals surface area (Å²) in [6.07, 6.45) is 1.85. The fraction of sp³-hybridized carbons (Fsp3) is 0.0769. The van der Waals surface area contributed by atoms with Gasteiger partial charge in [0.15, 0.2) is 5.71 Å².